The first-order chi connectivity index (χ1) is 10.6. The third kappa shape index (κ3) is 6.03. The Balaban J connectivity index is 1.62. The average molecular weight is 332 g/mol. The van der Waals surface area contributed by atoms with Crippen molar-refractivity contribution in [3.63, 3.8) is 0 Å². The van der Waals surface area contributed by atoms with Gasteiger partial charge in [0.2, 0.25) is 0 Å². The lowest BCUT2D eigenvalue weighted by atomic mass is 10.2. The van der Waals surface area contributed by atoms with Crippen LogP contribution in [0.3, 0.4) is 0 Å². The number of nitrogens with zero attached hydrogens (tertiary/aromatic N) is 1. The molecule has 0 spiro atoms. The molecule has 3 nitrogen and oxygen atoms in total. The van der Waals surface area contributed by atoms with Gasteiger partial charge < -0.3 is 10.6 Å². The Morgan fingerprint density at radius 1 is 1.14 bits per heavy atom. The van der Waals surface area contributed by atoms with Crippen molar-refractivity contribution in [1.82, 2.24) is 10.3 Å². The minimum absolute atomic E-state index is 0.619. The zero-order valence-corrected chi connectivity index (χ0v) is 14.6. The standard InChI is InChI=1S/C17H21N3S2/c1-13-3-5-15(6-4-13)12-22-10-9-19-17(21)20-16-11-14(2)7-8-18-16/h3-8,11H,9-10,12H2,1-2H3,(H2,18,19,20,21). The van der Waals surface area contributed by atoms with Gasteiger partial charge in [-0.1, -0.05) is 29.8 Å². The Bertz CT molecular complexity index is 612. The van der Waals surface area contributed by atoms with Gasteiger partial charge >= 0.3 is 0 Å². The number of thioether (sulfide) groups is 1. The van der Waals surface area contributed by atoms with Crippen molar-refractivity contribution in [2.75, 3.05) is 17.6 Å². The van der Waals surface area contributed by atoms with E-state index in [1.807, 2.05) is 30.8 Å². The number of thiocarbonyl (C=S) groups is 1. The third-order valence-corrected chi connectivity index (χ3v) is 4.35. The summed E-state index contributed by atoms with van der Waals surface area (Å²) in [7, 11) is 0. The lowest BCUT2D eigenvalue weighted by Gasteiger charge is -2.10. The van der Waals surface area contributed by atoms with Crippen molar-refractivity contribution in [1.29, 1.82) is 0 Å². The molecular formula is C17H21N3S2. The van der Waals surface area contributed by atoms with E-state index in [1.54, 1.807) is 6.20 Å². The van der Waals surface area contributed by atoms with E-state index in [0.717, 1.165) is 29.4 Å². The molecule has 116 valence electrons. The van der Waals surface area contributed by atoms with Gasteiger partial charge in [0.25, 0.3) is 0 Å². The van der Waals surface area contributed by atoms with Crippen molar-refractivity contribution in [3.8, 4) is 0 Å². The normalized spacial score (nSPS) is 10.3. The van der Waals surface area contributed by atoms with Crippen LogP contribution in [-0.4, -0.2) is 22.4 Å². The highest BCUT2D eigenvalue weighted by molar-refractivity contribution is 7.98. The zero-order valence-electron chi connectivity index (χ0n) is 12.9. The minimum atomic E-state index is 0.619. The van der Waals surface area contributed by atoms with E-state index in [1.165, 1.54) is 11.1 Å². The zero-order chi connectivity index (χ0) is 15.8. The highest BCUT2D eigenvalue weighted by Crippen LogP contribution is 2.12. The summed E-state index contributed by atoms with van der Waals surface area (Å²) in [5.41, 5.74) is 3.82. The van der Waals surface area contributed by atoms with Crippen LogP contribution in [-0.2, 0) is 5.75 Å². The van der Waals surface area contributed by atoms with E-state index >= 15 is 0 Å². The Morgan fingerprint density at radius 3 is 2.64 bits per heavy atom. The molecule has 2 aromatic rings. The van der Waals surface area contributed by atoms with Crippen LogP contribution < -0.4 is 10.6 Å². The van der Waals surface area contributed by atoms with Gasteiger partial charge in [0, 0.05) is 24.2 Å². The van der Waals surface area contributed by atoms with Crippen molar-refractivity contribution in [3.05, 3.63) is 59.3 Å². The van der Waals surface area contributed by atoms with Gasteiger partial charge in [0.1, 0.15) is 5.82 Å². The fourth-order valence-corrected chi connectivity index (χ4v) is 2.90. The summed E-state index contributed by atoms with van der Waals surface area (Å²) >= 11 is 7.16. The molecular weight excluding hydrogens is 310 g/mol. The predicted molar refractivity (Wildman–Crippen MR) is 101 cm³/mol. The molecule has 1 aromatic carbocycles. The largest absolute Gasteiger partial charge is 0.362 e. The van der Waals surface area contributed by atoms with Crippen LogP contribution in [0.1, 0.15) is 16.7 Å². The molecule has 0 atom stereocenters. The first-order valence-electron chi connectivity index (χ1n) is 7.24. The van der Waals surface area contributed by atoms with Gasteiger partial charge in [-0.2, -0.15) is 11.8 Å². The van der Waals surface area contributed by atoms with E-state index in [-0.39, 0.29) is 0 Å². The second kappa shape index (κ2) is 8.76. The minimum Gasteiger partial charge on any atom is -0.362 e. The van der Waals surface area contributed by atoms with E-state index in [4.69, 9.17) is 12.2 Å². The molecule has 0 radical (unpaired) electrons. The summed E-state index contributed by atoms with van der Waals surface area (Å²) < 4.78 is 0. The van der Waals surface area contributed by atoms with Crippen molar-refractivity contribution in [2.24, 2.45) is 0 Å². The number of aromatic nitrogens is 1. The highest BCUT2D eigenvalue weighted by atomic mass is 32.2. The second-order valence-corrected chi connectivity index (χ2v) is 6.65. The van der Waals surface area contributed by atoms with Crippen LogP contribution in [0.5, 0.6) is 0 Å². The van der Waals surface area contributed by atoms with Gasteiger partial charge in [-0.15, -0.1) is 0 Å². The number of aryl methyl sites for hydroxylation is 2. The molecule has 2 rings (SSSR count). The molecule has 0 unspecified atom stereocenters. The molecule has 2 N–H and O–H groups in total. The van der Waals surface area contributed by atoms with Gasteiger partial charge in [-0.3, -0.25) is 0 Å². The molecule has 0 fully saturated rings. The molecule has 0 aliphatic carbocycles. The first kappa shape index (κ1) is 16.8. The Morgan fingerprint density at radius 2 is 1.91 bits per heavy atom. The fourth-order valence-electron chi connectivity index (χ4n) is 1.88. The van der Waals surface area contributed by atoms with E-state index in [9.17, 15) is 0 Å². The molecule has 0 bridgehead atoms. The second-order valence-electron chi connectivity index (χ2n) is 5.14. The maximum Gasteiger partial charge on any atom is 0.171 e. The molecule has 0 saturated carbocycles. The molecule has 1 heterocycles. The molecule has 0 amide bonds. The maximum absolute atomic E-state index is 5.27. The van der Waals surface area contributed by atoms with Crippen LogP contribution in [0.15, 0.2) is 42.6 Å². The van der Waals surface area contributed by atoms with Crippen molar-refractivity contribution >= 4 is 34.9 Å². The Labute approximate surface area is 141 Å². The van der Waals surface area contributed by atoms with Gasteiger partial charge in [0.05, 0.1) is 0 Å². The Hall–Kier alpha value is -1.59. The van der Waals surface area contributed by atoms with Crippen molar-refractivity contribution in [2.45, 2.75) is 19.6 Å². The number of nitrogens with one attached hydrogen (secondary N) is 2. The summed E-state index contributed by atoms with van der Waals surface area (Å²) in [5.74, 6) is 2.82. The lowest BCUT2D eigenvalue weighted by molar-refractivity contribution is 0.988. The third-order valence-electron chi connectivity index (χ3n) is 3.08. The molecule has 1 aromatic heterocycles. The summed E-state index contributed by atoms with van der Waals surface area (Å²) in [4.78, 5) is 4.23. The average Bonchev–Trinajstić information content (AvgIpc) is 2.49. The number of hydrogen-bond donors (Lipinski definition) is 2. The molecule has 0 saturated heterocycles. The summed E-state index contributed by atoms with van der Waals surface area (Å²) in [6.07, 6.45) is 1.78. The molecule has 0 aliphatic rings. The van der Waals surface area contributed by atoms with Crippen LogP contribution in [0.2, 0.25) is 0 Å². The van der Waals surface area contributed by atoms with E-state index < -0.39 is 0 Å². The molecule has 0 aliphatic heterocycles. The monoisotopic (exact) mass is 331 g/mol. The van der Waals surface area contributed by atoms with Crippen LogP contribution in [0.25, 0.3) is 0 Å². The number of anilines is 1. The Kier molecular flexibility index (Phi) is 6.68. The SMILES string of the molecule is Cc1ccc(CSCCNC(=S)Nc2cc(C)ccn2)cc1. The highest BCUT2D eigenvalue weighted by Gasteiger charge is 1.99. The number of rotatable bonds is 6. The van der Waals surface area contributed by atoms with Crippen LogP contribution in [0.4, 0.5) is 5.82 Å². The number of benzene rings is 1. The van der Waals surface area contributed by atoms with E-state index in [0.29, 0.717) is 5.11 Å². The van der Waals surface area contributed by atoms with Crippen molar-refractivity contribution < 1.29 is 0 Å². The predicted octanol–water partition coefficient (Wildman–Crippen LogP) is 3.92. The quantitative estimate of drug-likeness (QED) is 0.620. The van der Waals surface area contributed by atoms with Gasteiger partial charge in [-0.25, -0.2) is 4.98 Å². The first-order valence-corrected chi connectivity index (χ1v) is 8.80. The van der Waals surface area contributed by atoms with Gasteiger partial charge in [-0.05, 0) is 49.3 Å². The smallest absolute Gasteiger partial charge is 0.171 e. The van der Waals surface area contributed by atoms with E-state index in [2.05, 4.69) is 46.8 Å². The maximum atomic E-state index is 5.27. The molecule has 5 heteroatoms. The lowest BCUT2D eigenvalue weighted by Crippen LogP contribution is -2.30. The topological polar surface area (TPSA) is 37.0 Å². The summed E-state index contributed by atoms with van der Waals surface area (Å²) in [6.45, 7) is 4.98. The van der Waals surface area contributed by atoms with Crippen LogP contribution in [0, 0.1) is 13.8 Å². The summed E-state index contributed by atoms with van der Waals surface area (Å²) in [6, 6.07) is 12.6. The fraction of sp³-hybridized carbons (Fsp3) is 0.294. The number of hydrogen-bond acceptors (Lipinski definition) is 3. The van der Waals surface area contributed by atoms with Gasteiger partial charge in [0.15, 0.2) is 5.11 Å². The molecule has 22 heavy (non-hydrogen) atoms. The number of pyridine rings is 1. The van der Waals surface area contributed by atoms with Crippen LogP contribution >= 0.6 is 24.0 Å². The summed E-state index contributed by atoms with van der Waals surface area (Å²) in [5, 5.41) is 6.92.